The highest BCUT2D eigenvalue weighted by Gasteiger charge is 2.50. The minimum absolute atomic E-state index is 0.0342. The molecule has 3 fully saturated rings. The van der Waals surface area contributed by atoms with E-state index in [0.29, 0.717) is 63.6 Å². The predicted molar refractivity (Wildman–Crippen MR) is 267 cm³/mol. The van der Waals surface area contributed by atoms with E-state index in [1.54, 1.807) is 34.6 Å². The molecule has 0 radical (unpaired) electrons. The average molecular weight is 949 g/mol. The first-order valence-electron chi connectivity index (χ1n) is 27.4. The Hall–Kier alpha value is -1.89. The highest BCUT2D eigenvalue weighted by molar-refractivity contribution is 5.76. The van der Waals surface area contributed by atoms with Crippen molar-refractivity contribution < 1.29 is 52.4 Å². The molecule has 3 rings (SSSR count). The molecule has 0 aromatic heterocycles. The molecule has 0 N–H and O–H groups in total. The first kappa shape index (κ1) is 61.2. The van der Waals surface area contributed by atoms with Crippen LogP contribution in [0, 0.1) is 0 Å². The molecule has 3 aliphatic rings. The summed E-state index contributed by atoms with van der Waals surface area (Å²) in [6.07, 6.45) is 31.1. The fourth-order valence-electron chi connectivity index (χ4n) is 9.85. The number of ketones is 5. The molecular formula is C56H100O11. The molecule has 0 aromatic rings. The highest BCUT2D eigenvalue weighted by Crippen LogP contribution is 2.42. The van der Waals surface area contributed by atoms with Gasteiger partial charge in [-0.3, -0.25) is 0 Å². The Bertz CT molecular complexity index is 1420. The number of Topliss-reactive ketones (excluding diaryl/α,β-unsaturated/α-hetero) is 5. The van der Waals surface area contributed by atoms with Crippen molar-refractivity contribution in [2.45, 2.75) is 329 Å². The number of ether oxygens (including phenoxy) is 6. The second-order valence-electron chi connectivity index (χ2n) is 21.3. The third-order valence-corrected chi connectivity index (χ3v) is 13.9. The third-order valence-electron chi connectivity index (χ3n) is 13.9. The van der Waals surface area contributed by atoms with Crippen molar-refractivity contribution in [3.05, 3.63) is 0 Å². The molecular weight excluding hydrogens is 849 g/mol. The second kappa shape index (κ2) is 33.7. The lowest BCUT2D eigenvalue weighted by atomic mass is 9.96. The zero-order chi connectivity index (χ0) is 49.7. The van der Waals surface area contributed by atoms with Crippen molar-refractivity contribution in [2.24, 2.45) is 0 Å². The highest BCUT2D eigenvalue weighted by atomic mass is 16.8. The molecule has 0 saturated carbocycles. The Kier molecular flexibility index (Phi) is 30.8. The lowest BCUT2D eigenvalue weighted by Gasteiger charge is -2.25. The molecule has 0 bridgehead atoms. The standard InChI is InChI=1S/C31H54O7.C25H46O4/c1-7-8-12-16-26-28(37-30(5,35-26)20-18-24(3)33)22-29-27(17-14-11-9-10-13-15-23(2)32)36-31(6,38-29)21-19-25(4)34;1-5-6-7-8-11-14-17-23-24(18-15-12-9-10-13-16-21(2)26)29-25(4,28-23)20-19-22(3)27/h26-29H,7-22H2,1-6H3;23-24H,5-20H2,1-4H3. The molecule has 0 spiro atoms. The van der Waals surface area contributed by atoms with Crippen molar-refractivity contribution in [3.8, 4) is 0 Å². The molecule has 390 valence electrons. The molecule has 67 heavy (non-hydrogen) atoms. The topological polar surface area (TPSA) is 141 Å². The van der Waals surface area contributed by atoms with Gasteiger partial charge >= 0.3 is 0 Å². The van der Waals surface area contributed by atoms with Gasteiger partial charge in [0.15, 0.2) is 17.4 Å². The van der Waals surface area contributed by atoms with E-state index >= 15 is 0 Å². The zero-order valence-electron chi connectivity index (χ0n) is 44.6. The van der Waals surface area contributed by atoms with Gasteiger partial charge in [-0.2, -0.15) is 0 Å². The Morgan fingerprint density at radius 3 is 0.836 bits per heavy atom. The average Bonchev–Trinajstić information content (AvgIpc) is 3.88. The molecule has 0 aromatic carbocycles. The van der Waals surface area contributed by atoms with Crippen LogP contribution in [0.2, 0.25) is 0 Å². The van der Waals surface area contributed by atoms with Gasteiger partial charge in [0.1, 0.15) is 28.9 Å². The van der Waals surface area contributed by atoms with Crippen LogP contribution in [0.1, 0.15) is 275 Å². The van der Waals surface area contributed by atoms with E-state index in [1.165, 1.54) is 51.4 Å². The van der Waals surface area contributed by atoms with Crippen molar-refractivity contribution in [3.63, 3.8) is 0 Å². The van der Waals surface area contributed by atoms with Gasteiger partial charge in [0.2, 0.25) is 0 Å². The van der Waals surface area contributed by atoms with Crippen molar-refractivity contribution >= 4 is 28.9 Å². The van der Waals surface area contributed by atoms with Crippen LogP contribution < -0.4 is 0 Å². The summed E-state index contributed by atoms with van der Waals surface area (Å²) in [5.41, 5.74) is 0. The first-order chi connectivity index (χ1) is 31.8. The number of hydrogen-bond donors (Lipinski definition) is 0. The van der Waals surface area contributed by atoms with Crippen LogP contribution in [-0.4, -0.2) is 82.9 Å². The van der Waals surface area contributed by atoms with Crippen LogP contribution in [0.15, 0.2) is 0 Å². The minimum atomic E-state index is -0.780. The maximum absolute atomic E-state index is 11.7. The van der Waals surface area contributed by atoms with Gasteiger partial charge in [0.25, 0.3) is 0 Å². The Balaban J connectivity index is 0.000000478. The summed E-state index contributed by atoms with van der Waals surface area (Å²) in [4.78, 5) is 56.9. The quantitative estimate of drug-likeness (QED) is 0.0546. The van der Waals surface area contributed by atoms with Crippen LogP contribution in [0.4, 0.5) is 0 Å². The monoisotopic (exact) mass is 949 g/mol. The van der Waals surface area contributed by atoms with Crippen LogP contribution in [0.5, 0.6) is 0 Å². The molecule has 3 saturated heterocycles. The summed E-state index contributed by atoms with van der Waals surface area (Å²) in [7, 11) is 0. The summed E-state index contributed by atoms with van der Waals surface area (Å²) in [6, 6.07) is 0. The molecule has 0 aliphatic carbocycles. The molecule has 11 nitrogen and oxygen atoms in total. The second-order valence-corrected chi connectivity index (χ2v) is 21.3. The summed E-state index contributed by atoms with van der Waals surface area (Å²) in [6.45, 7) is 18.5. The van der Waals surface area contributed by atoms with Gasteiger partial charge in [0.05, 0.1) is 36.6 Å². The van der Waals surface area contributed by atoms with Crippen LogP contribution >= 0.6 is 0 Å². The van der Waals surface area contributed by atoms with Gasteiger partial charge in [0, 0.05) is 57.8 Å². The van der Waals surface area contributed by atoms with Gasteiger partial charge < -0.3 is 52.4 Å². The van der Waals surface area contributed by atoms with E-state index in [1.807, 2.05) is 20.8 Å². The van der Waals surface area contributed by atoms with Crippen LogP contribution in [0.3, 0.4) is 0 Å². The lowest BCUT2D eigenvalue weighted by molar-refractivity contribution is -0.178. The van der Waals surface area contributed by atoms with E-state index in [9.17, 15) is 24.0 Å². The number of unbranched alkanes of at least 4 members (excludes halogenated alkanes) is 15. The number of carbonyl (C=O) groups excluding carboxylic acids is 5. The molecule has 0 amide bonds. The van der Waals surface area contributed by atoms with Gasteiger partial charge in [-0.25, -0.2) is 0 Å². The maximum Gasteiger partial charge on any atom is 0.166 e. The fraction of sp³-hybridized carbons (Fsp3) is 0.911. The van der Waals surface area contributed by atoms with Crippen LogP contribution in [0.25, 0.3) is 0 Å². The fourth-order valence-corrected chi connectivity index (χ4v) is 9.85. The zero-order valence-corrected chi connectivity index (χ0v) is 44.6. The van der Waals surface area contributed by atoms with E-state index in [0.717, 1.165) is 96.3 Å². The number of hydrogen-bond acceptors (Lipinski definition) is 11. The number of carbonyl (C=O) groups is 5. The van der Waals surface area contributed by atoms with Crippen LogP contribution in [-0.2, 0) is 52.4 Å². The Morgan fingerprint density at radius 1 is 0.313 bits per heavy atom. The van der Waals surface area contributed by atoms with Gasteiger partial charge in [-0.15, -0.1) is 0 Å². The molecule has 9 atom stereocenters. The summed E-state index contributed by atoms with van der Waals surface area (Å²) in [5.74, 6) is -1.13. The largest absolute Gasteiger partial charge is 0.344 e. The molecule has 9 unspecified atom stereocenters. The molecule has 11 heteroatoms. The van der Waals surface area contributed by atoms with E-state index in [-0.39, 0.29) is 59.8 Å². The first-order valence-corrected chi connectivity index (χ1v) is 27.4. The van der Waals surface area contributed by atoms with Gasteiger partial charge in [-0.05, 0) is 93.9 Å². The minimum Gasteiger partial charge on any atom is -0.344 e. The maximum atomic E-state index is 11.7. The van der Waals surface area contributed by atoms with Crippen molar-refractivity contribution in [1.82, 2.24) is 0 Å². The normalized spacial score (nSPS) is 28.1. The molecule has 3 heterocycles. The smallest absolute Gasteiger partial charge is 0.166 e. The summed E-state index contributed by atoms with van der Waals surface area (Å²) >= 11 is 0. The Morgan fingerprint density at radius 2 is 0.537 bits per heavy atom. The van der Waals surface area contributed by atoms with Crippen molar-refractivity contribution in [1.29, 1.82) is 0 Å². The summed E-state index contributed by atoms with van der Waals surface area (Å²) < 4.78 is 38.7. The SMILES string of the molecule is CCCCCC1OC(C)(CCC(C)=O)OC1CC1OC(C)(CCC(C)=O)OC1CCCCCCCC(C)=O.CCCCCCCCC1OC(C)(CCC(C)=O)OC1CCCCCCCC(C)=O. The van der Waals surface area contributed by atoms with Crippen molar-refractivity contribution in [2.75, 3.05) is 0 Å². The third kappa shape index (κ3) is 27.3. The Labute approximate surface area is 408 Å². The van der Waals surface area contributed by atoms with E-state index in [4.69, 9.17) is 28.4 Å². The lowest BCUT2D eigenvalue weighted by Crippen LogP contribution is -2.33. The molecule has 3 aliphatic heterocycles. The van der Waals surface area contributed by atoms with E-state index in [2.05, 4.69) is 13.8 Å². The van der Waals surface area contributed by atoms with E-state index < -0.39 is 17.4 Å². The number of rotatable bonds is 38. The van der Waals surface area contributed by atoms with Gasteiger partial charge in [-0.1, -0.05) is 123 Å². The predicted octanol–water partition coefficient (Wildman–Crippen LogP) is 13.9. The summed E-state index contributed by atoms with van der Waals surface area (Å²) in [5, 5.41) is 0.